The molecule has 50 heavy (non-hydrogen) atoms. The molecule has 0 spiro atoms. The van der Waals surface area contributed by atoms with Crippen molar-refractivity contribution in [2.75, 3.05) is 26.4 Å². The number of rotatable bonds is 16. The molecule has 0 aromatic heterocycles. The van der Waals surface area contributed by atoms with E-state index in [4.69, 9.17) is 9.47 Å². The fourth-order valence-electron chi connectivity index (χ4n) is 5.49. The van der Waals surface area contributed by atoms with Crippen molar-refractivity contribution >= 4 is 21.8 Å². The van der Waals surface area contributed by atoms with Crippen molar-refractivity contribution in [2.45, 2.75) is 70.7 Å². The summed E-state index contributed by atoms with van der Waals surface area (Å²) in [7, 11) is -4.12. The predicted molar refractivity (Wildman–Crippen MR) is 184 cm³/mol. The van der Waals surface area contributed by atoms with Crippen molar-refractivity contribution < 1.29 is 41.4 Å². The molecular formula is C36H46F2N4O7S. The highest BCUT2D eigenvalue weighted by Crippen LogP contribution is 2.35. The lowest BCUT2D eigenvalue weighted by Crippen LogP contribution is -2.59. The van der Waals surface area contributed by atoms with Gasteiger partial charge in [0.05, 0.1) is 23.6 Å². The molecule has 3 aromatic carbocycles. The van der Waals surface area contributed by atoms with Gasteiger partial charge in [-0.2, -0.15) is 4.31 Å². The SMILES string of the molecule is CC(C)CN(CC(O)C(Cc1ccccc1)NC(=O)C(NC(=O)CNCc1cc(F)ccc1F)C(C)(C)C)S(=O)(=O)c1ccc2c(c1)OCO2. The van der Waals surface area contributed by atoms with E-state index in [9.17, 15) is 31.9 Å². The maximum absolute atomic E-state index is 14.0. The van der Waals surface area contributed by atoms with E-state index < -0.39 is 57.1 Å². The molecule has 1 aliphatic heterocycles. The number of nitrogens with zero attached hydrogens (tertiary/aromatic N) is 1. The standard InChI is InChI=1S/C36H46F2N4O7S/c1-23(2)20-42(50(46,47)27-12-14-31-32(17-27)49-22-48-31)21-30(43)29(15-24-9-7-6-8-10-24)40-35(45)34(36(3,4)5)41-33(44)19-39-18-25-16-26(37)11-13-28(25)38/h6-14,16-17,23,29-30,34,39,43H,15,18-22H2,1-5H3,(H,40,45)(H,41,44). The van der Waals surface area contributed by atoms with Crippen LogP contribution in [-0.4, -0.2) is 74.3 Å². The van der Waals surface area contributed by atoms with Crippen molar-refractivity contribution in [3.63, 3.8) is 0 Å². The van der Waals surface area contributed by atoms with Crippen molar-refractivity contribution in [3.8, 4) is 11.5 Å². The normalized spacial score (nSPS) is 14.8. The van der Waals surface area contributed by atoms with Crippen LogP contribution in [0.5, 0.6) is 11.5 Å². The highest BCUT2D eigenvalue weighted by molar-refractivity contribution is 7.89. The molecule has 0 radical (unpaired) electrons. The zero-order valence-corrected chi connectivity index (χ0v) is 29.7. The Morgan fingerprint density at radius 1 is 0.940 bits per heavy atom. The van der Waals surface area contributed by atoms with Crippen LogP contribution in [-0.2, 0) is 32.6 Å². The Hall–Kier alpha value is -4.11. The first kappa shape index (κ1) is 38.7. The van der Waals surface area contributed by atoms with Gasteiger partial charge in [0.15, 0.2) is 11.5 Å². The van der Waals surface area contributed by atoms with Crippen LogP contribution in [0.1, 0.15) is 45.7 Å². The number of sulfonamides is 1. The zero-order valence-electron chi connectivity index (χ0n) is 28.9. The van der Waals surface area contributed by atoms with Gasteiger partial charge in [0.2, 0.25) is 28.6 Å². The van der Waals surface area contributed by atoms with E-state index in [0.717, 1.165) is 23.8 Å². The van der Waals surface area contributed by atoms with Gasteiger partial charge in [0.1, 0.15) is 17.7 Å². The van der Waals surface area contributed by atoms with Gasteiger partial charge in [0.25, 0.3) is 0 Å². The first-order valence-electron chi connectivity index (χ1n) is 16.4. The van der Waals surface area contributed by atoms with Gasteiger partial charge >= 0.3 is 0 Å². The van der Waals surface area contributed by atoms with Crippen LogP contribution in [0.4, 0.5) is 8.78 Å². The molecule has 4 N–H and O–H groups in total. The van der Waals surface area contributed by atoms with Gasteiger partial charge < -0.3 is 30.5 Å². The van der Waals surface area contributed by atoms with Crippen LogP contribution in [0.15, 0.2) is 71.6 Å². The summed E-state index contributed by atoms with van der Waals surface area (Å²) in [4.78, 5) is 26.8. The number of amides is 2. The van der Waals surface area contributed by atoms with Crippen molar-refractivity contribution in [2.24, 2.45) is 11.3 Å². The number of aliphatic hydroxyl groups excluding tert-OH is 1. The fourth-order valence-corrected chi connectivity index (χ4v) is 7.13. The molecule has 0 aliphatic carbocycles. The molecule has 0 saturated carbocycles. The topological polar surface area (TPSA) is 146 Å². The lowest BCUT2D eigenvalue weighted by atomic mass is 9.85. The largest absolute Gasteiger partial charge is 0.454 e. The third-order valence-electron chi connectivity index (χ3n) is 8.07. The predicted octanol–water partition coefficient (Wildman–Crippen LogP) is 3.75. The van der Waals surface area contributed by atoms with Crippen molar-refractivity contribution in [1.29, 1.82) is 0 Å². The van der Waals surface area contributed by atoms with E-state index in [2.05, 4.69) is 16.0 Å². The maximum Gasteiger partial charge on any atom is 0.243 e. The van der Waals surface area contributed by atoms with Gasteiger partial charge in [0, 0.05) is 31.3 Å². The summed E-state index contributed by atoms with van der Waals surface area (Å²) in [5.74, 6) is -1.74. The quantitative estimate of drug-likeness (QED) is 0.176. The molecule has 3 atom stereocenters. The van der Waals surface area contributed by atoms with Crippen LogP contribution < -0.4 is 25.4 Å². The van der Waals surface area contributed by atoms with Crippen LogP contribution in [0.2, 0.25) is 0 Å². The number of ether oxygens (including phenoxy) is 2. The van der Waals surface area contributed by atoms with E-state index in [1.54, 1.807) is 20.8 Å². The summed E-state index contributed by atoms with van der Waals surface area (Å²) >= 11 is 0. The number of carbonyl (C=O) groups excluding carboxylic acids is 2. The summed E-state index contributed by atoms with van der Waals surface area (Å²) in [5, 5.41) is 20.1. The summed E-state index contributed by atoms with van der Waals surface area (Å²) in [5.41, 5.74) is 0.0481. The molecule has 3 unspecified atom stereocenters. The average Bonchev–Trinajstić information content (AvgIpc) is 3.52. The van der Waals surface area contributed by atoms with Crippen LogP contribution in [0.3, 0.4) is 0 Å². The molecule has 1 heterocycles. The number of hydrogen-bond donors (Lipinski definition) is 4. The minimum atomic E-state index is -4.12. The van der Waals surface area contributed by atoms with Gasteiger partial charge in [-0.05, 0) is 53.6 Å². The Morgan fingerprint density at radius 2 is 1.64 bits per heavy atom. The number of hydrogen-bond acceptors (Lipinski definition) is 8. The second-order valence-electron chi connectivity index (χ2n) is 13.8. The molecule has 0 fully saturated rings. The number of aliphatic hydroxyl groups is 1. The molecule has 4 rings (SSSR count). The second kappa shape index (κ2) is 16.7. The first-order valence-corrected chi connectivity index (χ1v) is 17.8. The molecule has 0 saturated heterocycles. The Balaban J connectivity index is 1.52. The van der Waals surface area contributed by atoms with Gasteiger partial charge in [-0.25, -0.2) is 17.2 Å². The molecule has 3 aromatic rings. The summed E-state index contributed by atoms with van der Waals surface area (Å²) in [6.07, 6.45) is -1.19. The van der Waals surface area contributed by atoms with Crippen LogP contribution in [0, 0.1) is 23.0 Å². The monoisotopic (exact) mass is 716 g/mol. The number of carbonyl (C=O) groups is 2. The van der Waals surface area contributed by atoms with E-state index in [1.165, 1.54) is 22.5 Å². The first-order chi connectivity index (χ1) is 23.5. The van der Waals surface area contributed by atoms with E-state index in [-0.39, 0.29) is 55.8 Å². The molecule has 14 heteroatoms. The molecular weight excluding hydrogens is 670 g/mol. The number of nitrogens with one attached hydrogen (secondary N) is 3. The highest BCUT2D eigenvalue weighted by Gasteiger charge is 2.37. The lowest BCUT2D eigenvalue weighted by Gasteiger charge is -2.34. The van der Waals surface area contributed by atoms with Crippen molar-refractivity contribution in [1.82, 2.24) is 20.3 Å². The molecule has 11 nitrogen and oxygen atoms in total. The van der Waals surface area contributed by atoms with E-state index in [0.29, 0.717) is 11.5 Å². The Morgan fingerprint density at radius 3 is 2.32 bits per heavy atom. The fraction of sp³-hybridized carbons (Fsp3) is 0.444. The summed E-state index contributed by atoms with van der Waals surface area (Å²) in [6, 6.07) is 14.5. The average molecular weight is 717 g/mol. The molecule has 0 bridgehead atoms. The Bertz CT molecular complexity index is 1740. The third kappa shape index (κ3) is 10.5. The minimum absolute atomic E-state index is 0.0183. The Kier molecular flexibility index (Phi) is 12.9. The second-order valence-corrected chi connectivity index (χ2v) is 15.7. The van der Waals surface area contributed by atoms with Gasteiger partial charge in [-0.1, -0.05) is 65.0 Å². The minimum Gasteiger partial charge on any atom is -0.454 e. The summed E-state index contributed by atoms with van der Waals surface area (Å²) < 4.78 is 67.3. The van der Waals surface area contributed by atoms with Crippen LogP contribution in [0.25, 0.3) is 0 Å². The number of halogens is 2. The maximum atomic E-state index is 14.0. The van der Waals surface area contributed by atoms with Crippen molar-refractivity contribution in [3.05, 3.63) is 89.5 Å². The van der Waals surface area contributed by atoms with E-state index >= 15 is 0 Å². The van der Waals surface area contributed by atoms with Crippen LogP contribution >= 0.6 is 0 Å². The third-order valence-corrected chi connectivity index (χ3v) is 9.90. The highest BCUT2D eigenvalue weighted by atomic mass is 32.2. The number of benzene rings is 3. The van der Waals surface area contributed by atoms with Gasteiger partial charge in [-0.3, -0.25) is 9.59 Å². The van der Waals surface area contributed by atoms with Gasteiger partial charge in [-0.15, -0.1) is 0 Å². The van der Waals surface area contributed by atoms with E-state index in [1.807, 2.05) is 44.2 Å². The molecule has 1 aliphatic rings. The zero-order chi connectivity index (χ0) is 36.6. The summed E-state index contributed by atoms with van der Waals surface area (Å²) in [6.45, 7) is 8.34. The Labute approximate surface area is 292 Å². The smallest absolute Gasteiger partial charge is 0.243 e. The number of fused-ring (bicyclic) bond motifs is 1. The molecule has 2 amide bonds. The lowest BCUT2D eigenvalue weighted by molar-refractivity contribution is -0.132. The molecule has 272 valence electrons.